The summed E-state index contributed by atoms with van der Waals surface area (Å²) in [5.41, 5.74) is 8.74. The number of Topliss-reactive ketones (excluding diaryl/α,β-unsaturated/α-hetero) is 2. The number of carbonyl (C=O) groups excluding carboxylic acids is 2. The van der Waals surface area contributed by atoms with Gasteiger partial charge in [-0.3, -0.25) is 19.4 Å². The molecule has 2 aliphatic carbocycles. The molecule has 292 valence electrons. The maximum Gasteiger partial charge on any atom is 0.175 e. The fraction of sp³-hybridized carbons (Fsp3) is 0.500. The first-order chi connectivity index (χ1) is 25.6. The predicted molar refractivity (Wildman–Crippen MR) is 238 cm³/mol. The molecule has 2 heterocycles. The first kappa shape index (κ1) is 43.8. The molecule has 2 atom stereocenters. The van der Waals surface area contributed by atoms with E-state index in [9.17, 15) is 9.59 Å². The summed E-state index contributed by atoms with van der Waals surface area (Å²) < 4.78 is 0. The minimum absolute atomic E-state index is 0.0197. The van der Waals surface area contributed by atoms with Gasteiger partial charge in [0.05, 0.1) is 12.1 Å². The fourth-order valence-electron chi connectivity index (χ4n) is 7.99. The highest BCUT2D eigenvalue weighted by Crippen LogP contribution is 2.43. The number of hydrogen-bond acceptors (Lipinski definition) is 6. The third-order valence-electron chi connectivity index (χ3n) is 11.3. The fourth-order valence-corrected chi connectivity index (χ4v) is 9.85. The second kappa shape index (κ2) is 20.3. The molecule has 0 N–H and O–H groups in total. The molecule has 0 bridgehead atoms. The summed E-state index contributed by atoms with van der Waals surface area (Å²) in [5.74, 6) is 5.10. The lowest BCUT2D eigenvalue weighted by Crippen LogP contribution is -2.50. The first-order valence-corrected chi connectivity index (χ1v) is 22.1. The summed E-state index contributed by atoms with van der Waals surface area (Å²) in [6, 6.07) is 0.0394. The monoisotopic (exact) mass is 766 g/mol. The van der Waals surface area contributed by atoms with Gasteiger partial charge in [-0.2, -0.15) is 23.5 Å². The van der Waals surface area contributed by atoms with Crippen molar-refractivity contribution in [2.45, 2.75) is 94.2 Å². The average Bonchev–Trinajstić information content (AvgIpc) is 3.13. The highest BCUT2D eigenvalue weighted by atomic mass is 32.2. The second-order valence-electron chi connectivity index (χ2n) is 16.7. The lowest BCUT2D eigenvalue weighted by Gasteiger charge is -2.42. The Labute approximate surface area is 336 Å². The molecular weight excluding hydrogens is 701 g/mol. The average molecular weight is 767 g/mol. The smallest absolute Gasteiger partial charge is 0.175 e. The van der Waals surface area contributed by atoms with Crippen LogP contribution in [0.4, 0.5) is 0 Å². The lowest BCUT2D eigenvalue weighted by molar-refractivity contribution is -0.123. The predicted octanol–water partition coefficient (Wildman–Crippen LogP) is 11.0. The summed E-state index contributed by atoms with van der Waals surface area (Å²) in [6.07, 6.45) is 31.4. The van der Waals surface area contributed by atoms with Gasteiger partial charge in [0, 0.05) is 49.2 Å². The molecule has 0 aromatic rings. The normalized spacial score (nSPS) is 26.3. The Bertz CT molecular complexity index is 1600. The van der Waals surface area contributed by atoms with Crippen molar-refractivity contribution >= 4 is 35.1 Å². The van der Waals surface area contributed by atoms with Crippen LogP contribution in [0.5, 0.6) is 0 Å². The van der Waals surface area contributed by atoms with E-state index in [4.69, 9.17) is 0 Å². The molecule has 0 saturated carbocycles. The minimum Gasteiger partial charge on any atom is -0.293 e. The highest BCUT2D eigenvalue weighted by molar-refractivity contribution is 7.99. The van der Waals surface area contributed by atoms with Crippen molar-refractivity contribution in [3.8, 4) is 0 Å². The molecule has 4 rings (SSSR count). The molecule has 2 saturated heterocycles. The quantitative estimate of drug-likeness (QED) is 0.184. The van der Waals surface area contributed by atoms with Crippen LogP contribution in [0.2, 0.25) is 0 Å². The molecule has 4 nitrogen and oxygen atoms in total. The lowest BCUT2D eigenvalue weighted by atomic mass is 9.69. The van der Waals surface area contributed by atoms with Crippen molar-refractivity contribution in [2.75, 3.05) is 49.2 Å². The van der Waals surface area contributed by atoms with Crippen LogP contribution in [0.25, 0.3) is 0 Å². The van der Waals surface area contributed by atoms with Crippen molar-refractivity contribution in [1.82, 2.24) is 9.80 Å². The van der Waals surface area contributed by atoms with E-state index < -0.39 is 0 Å². The van der Waals surface area contributed by atoms with E-state index in [0.717, 1.165) is 84.3 Å². The van der Waals surface area contributed by atoms with Crippen molar-refractivity contribution < 1.29 is 9.59 Å². The van der Waals surface area contributed by atoms with Gasteiger partial charge in [-0.05, 0) is 87.5 Å². The van der Waals surface area contributed by atoms with Gasteiger partial charge in [0.25, 0.3) is 0 Å². The summed E-state index contributed by atoms with van der Waals surface area (Å²) in [6.45, 7) is 25.7. The Hall–Kier alpha value is -2.90. The topological polar surface area (TPSA) is 40.6 Å². The van der Waals surface area contributed by atoms with Gasteiger partial charge in [0.2, 0.25) is 0 Å². The molecular formula is C48H66N2O2S2. The number of nitrogens with zero attached hydrogens (tertiary/aromatic N) is 2. The molecule has 0 amide bonds. The maximum absolute atomic E-state index is 13.4. The number of thioether (sulfide) groups is 2. The van der Waals surface area contributed by atoms with Gasteiger partial charge in [-0.25, -0.2) is 0 Å². The standard InChI is InChI=1S/C48H66N2O2S2/c1-35(17-13-19-37(3)21-23-41-39(5)45(51)43(33-47(41,7)8)49-25-29-53-30-26-49)15-11-12-16-36(2)18-14-20-38(4)22-24-42-40(6)46(52)44(34-48(42,9)10)50-27-31-54-32-28-50/h11-24,43-44H,25-34H2,1-10H3/b12-11+,17-13+,18-14+,23-21+,24-22+,35-15+,36-16+,37-19+,38-20+. The van der Waals surface area contributed by atoms with Crippen LogP contribution in [-0.2, 0) is 9.59 Å². The second-order valence-corrected chi connectivity index (χ2v) is 19.2. The molecule has 4 aliphatic rings. The van der Waals surface area contributed by atoms with Crippen molar-refractivity contribution in [2.24, 2.45) is 10.8 Å². The molecule has 0 spiro atoms. The van der Waals surface area contributed by atoms with Gasteiger partial charge in [-0.15, -0.1) is 0 Å². The Morgan fingerprint density at radius 2 is 0.852 bits per heavy atom. The van der Waals surface area contributed by atoms with E-state index in [1.165, 1.54) is 22.3 Å². The Morgan fingerprint density at radius 3 is 1.20 bits per heavy atom. The first-order valence-electron chi connectivity index (χ1n) is 19.8. The molecule has 0 radical (unpaired) electrons. The van der Waals surface area contributed by atoms with Gasteiger partial charge < -0.3 is 0 Å². The van der Waals surface area contributed by atoms with Crippen LogP contribution >= 0.6 is 23.5 Å². The molecule has 6 heteroatoms. The maximum atomic E-state index is 13.4. The Kier molecular flexibility index (Phi) is 16.5. The minimum atomic E-state index is -0.0368. The van der Waals surface area contributed by atoms with E-state index >= 15 is 0 Å². The summed E-state index contributed by atoms with van der Waals surface area (Å²) in [7, 11) is 0. The van der Waals surface area contributed by atoms with Crippen LogP contribution in [-0.4, -0.2) is 82.6 Å². The zero-order valence-electron chi connectivity index (χ0n) is 34.8. The van der Waals surface area contributed by atoms with E-state index in [1.807, 2.05) is 37.4 Å². The number of rotatable bonds is 12. The van der Waals surface area contributed by atoms with Crippen molar-refractivity contribution in [3.63, 3.8) is 0 Å². The summed E-state index contributed by atoms with van der Waals surface area (Å²) in [5, 5.41) is 0. The van der Waals surface area contributed by atoms with E-state index in [-0.39, 0.29) is 22.9 Å². The summed E-state index contributed by atoms with van der Waals surface area (Å²) >= 11 is 3.98. The molecule has 2 fully saturated rings. The molecule has 2 aliphatic heterocycles. The third-order valence-corrected chi connectivity index (χ3v) is 13.2. The van der Waals surface area contributed by atoms with E-state index in [1.54, 1.807) is 0 Å². The van der Waals surface area contributed by atoms with Gasteiger partial charge >= 0.3 is 0 Å². The molecule has 2 unspecified atom stereocenters. The van der Waals surface area contributed by atoms with Crippen molar-refractivity contribution in [1.29, 1.82) is 0 Å². The number of allylic oxidation sites excluding steroid dienone is 20. The molecule has 0 aromatic carbocycles. The van der Waals surface area contributed by atoms with Crippen molar-refractivity contribution in [3.05, 3.63) is 130 Å². The highest BCUT2D eigenvalue weighted by Gasteiger charge is 2.42. The van der Waals surface area contributed by atoms with E-state index in [0.29, 0.717) is 11.6 Å². The van der Waals surface area contributed by atoms with Crippen LogP contribution in [0.1, 0.15) is 82.1 Å². The van der Waals surface area contributed by atoms with Crippen LogP contribution in [0.15, 0.2) is 130 Å². The van der Waals surface area contributed by atoms with E-state index in [2.05, 4.69) is 150 Å². The number of hydrogen-bond donors (Lipinski definition) is 0. The van der Waals surface area contributed by atoms with Gasteiger partial charge in [0.1, 0.15) is 0 Å². The number of carbonyl (C=O) groups is 2. The van der Waals surface area contributed by atoms with Crippen LogP contribution in [0, 0.1) is 10.8 Å². The SMILES string of the molecule is CC1=C(/C=C/C(C)=C/C=C/C(C)=C/C=C/C=C(C)/C=C/C=C(C)/C=C/C2=C(C)C(=O)C(N3CCSCC3)CC2(C)C)C(C)(C)CC(N2CCSCC2)C1=O. The Morgan fingerprint density at radius 1 is 0.537 bits per heavy atom. The largest absolute Gasteiger partial charge is 0.293 e. The third kappa shape index (κ3) is 12.3. The zero-order valence-corrected chi connectivity index (χ0v) is 36.5. The zero-order chi connectivity index (χ0) is 39.5. The molecule has 54 heavy (non-hydrogen) atoms. The molecule has 0 aromatic heterocycles. The van der Waals surface area contributed by atoms with Gasteiger partial charge in [0.15, 0.2) is 11.6 Å². The summed E-state index contributed by atoms with van der Waals surface area (Å²) in [4.78, 5) is 31.6. The van der Waals surface area contributed by atoms with Crippen LogP contribution in [0.3, 0.4) is 0 Å². The van der Waals surface area contributed by atoms with Gasteiger partial charge in [-0.1, -0.05) is 135 Å². The Balaban J connectivity index is 1.28. The van der Waals surface area contributed by atoms with Crippen LogP contribution < -0.4 is 0 Å². The number of ketones is 2.